The summed E-state index contributed by atoms with van der Waals surface area (Å²) in [7, 11) is 0. The van der Waals surface area contributed by atoms with Gasteiger partial charge in [0.25, 0.3) is 0 Å². The summed E-state index contributed by atoms with van der Waals surface area (Å²) in [6.45, 7) is 1.23. The van der Waals surface area contributed by atoms with Crippen molar-refractivity contribution in [2.75, 3.05) is 0 Å². The molecule has 0 bridgehead atoms. The molecule has 1 aliphatic carbocycles. The predicted molar refractivity (Wildman–Crippen MR) is 112 cm³/mol. The Hall–Kier alpha value is -2.01. The second-order valence-corrected chi connectivity index (χ2v) is 7.73. The molecule has 0 spiro atoms. The minimum absolute atomic E-state index is 0.215. The van der Waals surface area contributed by atoms with Gasteiger partial charge in [0.15, 0.2) is 5.11 Å². The van der Waals surface area contributed by atoms with Gasteiger partial charge in [-0.05, 0) is 54.4 Å². The molecule has 1 heterocycles. The molecule has 0 radical (unpaired) electrons. The van der Waals surface area contributed by atoms with Gasteiger partial charge in [0.1, 0.15) is 5.82 Å². The highest BCUT2D eigenvalue weighted by atomic mass is 32.1. The Balaban J connectivity index is 1.70. The summed E-state index contributed by atoms with van der Waals surface area (Å²) in [5.41, 5.74) is 2.01. The number of nitrogens with zero attached hydrogens (tertiary/aromatic N) is 2. The maximum Gasteiger partial charge on any atom is 0.169 e. The van der Waals surface area contributed by atoms with Crippen molar-refractivity contribution in [2.45, 2.75) is 64.1 Å². The second kappa shape index (κ2) is 10.4. The number of pyridine rings is 1. The lowest BCUT2D eigenvalue weighted by molar-refractivity contribution is 0.369. The van der Waals surface area contributed by atoms with Gasteiger partial charge in [-0.3, -0.25) is 4.98 Å². The van der Waals surface area contributed by atoms with Crippen LogP contribution in [-0.2, 0) is 13.1 Å². The third-order valence-electron chi connectivity index (χ3n) is 5.08. The van der Waals surface area contributed by atoms with Crippen LogP contribution in [0.4, 0.5) is 4.39 Å². The molecule has 1 saturated carbocycles. The summed E-state index contributed by atoms with van der Waals surface area (Å²) in [4.78, 5) is 6.32. The molecular formula is C22H28FN3S. The third kappa shape index (κ3) is 6.58. The van der Waals surface area contributed by atoms with Gasteiger partial charge < -0.3 is 10.2 Å². The fourth-order valence-corrected chi connectivity index (χ4v) is 3.93. The molecule has 1 aliphatic rings. The summed E-state index contributed by atoms with van der Waals surface area (Å²) in [5.74, 6) is -0.215. The molecular weight excluding hydrogens is 357 g/mol. The highest BCUT2D eigenvalue weighted by Crippen LogP contribution is 2.18. The Kier molecular flexibility index (Phi) is 7.57. The highest BCUT2D eigenvalue weighted by molar-refractivity contribution is 7.80. The normalized spacial score (nSPS) is 15.6. The lowest BCUT2D eigenvalue weighted by atomic mass is 9.97. The van der Waals surface area contributed by atoms with E-state index in [4.69, 9.17) is 12.2 Å². The second-order valence-electron chi connectivity index (χ2n) is 7.34. The molecule has 1 aromatic carbocycles. The van der Waals surface area contributed by atoms with Gasteiger partial charge in [0.2, 0.25) is 0 Å². The fraction of sp³-hybridized carbons (Fsp3) is 0.455. The van der Waals surface area contributed by atoms with Crippen molar-refractivity contribution in [3.63, 3.8) is 0 Å². The van der Waals surface area contributed by atoms with Crippen molar-refractivity contribution >= 4 is 17.3 Å². The van der Waals surface area contributed by atoms with Crippen LogP contribution in [0.25, 0.3) is 0 Å². The molecule has 3 rings (SSSR count). The number of benzene rings is 1. The van der Waals surface area contributed by atoms with E-state index < -0.39 is 0 Å². The van der Waals surface area contributed by atoms with Crippen LogP contribution in [-0.4, -0.2) is 21.0 Å². The Morgan fingerprint density at radius 3 is 2.44 bits per heavy atom. The van der Waals surface area contributed by atoms with Crippen LogP contribution in [0.2, 0.25) is 0 Å². The molecule has 1 aromatic heterocycles. The molecule has 144 valence electrons. The summed E-state index contributed by atoms with van der Waals surface area (Å²) < 4.78 is 13.6. The van der Waals surface area contributed by atoms with E-state index in [2.05, 4.69) is 15.2 Å². The molecule has 5 heteroatoms. The van der Waals surface area contributed by atoms with Crippen LogP contribution >= 0.6 is 12.2 Å². The SMILES string of the molecule is Fc1cccc(CN(Cc2cccnc2)C(=S)NC2CCCCCCC2)c1. The molecule has 0 atom stereocenters. The molecule has 2 aromatic rings. The summed E-state index contributed by atoms with van der Waals surface area (Å²) >= 11 is 5.77. The molecule has 3 nitrogen and oxygen atoms in total. The number of halogens is 1. The van der Waals surface area contributed by atoms with E-state index in [1.165, 1.54) is 51.0 Å². The fourth-order valence-electron chi connectivity index (χ4n) is 3.63. The largest absolute Gasteiger partial charge is 0.360 e. The minimum Gasteiger partial charge on any atom is -0.360 e. The number of thiocarbonyl (C=S) groups is 1. The highest BCUT2D eigenvalue weighted by Gasteiger charge is 2.17. The average molecular weight is 386 g/mol. The zero-order valence-electron chi connectivity index (χ0n) is 15.7. The standard InChI is InChI=1S/C22H28FN3S/c23-20-10-6-8-18(14-20)16-26(17-19-9-7-13-24-15-19)22(27)25-21-11-4-2-1-3-5-12-21/h6-10,13-15,21H,1-5,11-12,16-17H2,(H,25,27). The summed E-state index contributed by atoms with van der Waals surface area (Å²) in [6.07, 6.45) is 12.5. The Labute approximate surface area is 167 Å². The first-order valence-corrected chi connectivity index (χ1v) is 10.3. The van der Waals surface area contributed by atoms with E-state index in [9.17, 15) is 4.39 Å². The zero-order chi connectivity index (χ0) is 18.9. The average Bonchev–Trinajstić information content (AvgIpc) is 2.64. The van der Waals surface area contributed by atoms with Crippen LogP contribution in [0.1, 0.15) is 56.1 Å². The van der Waals surface area contributed by atoms with E-state index in [-0.39, 0.29) is 5.82 Å². The van der Waals surface area contributed by atoms with E-state index in [0.29, 0.717) is 19.1 Å². The Morgan fingerprint density at radius 2 is 1.74 bits per heavy atom. The van der Waals surface area contributed by atoms with Gasteiger partial charge in [-0.25, -0.2) is 4.39 Å². The van der Waals surface area contributed by atoms with Crippen molar-refractivity contribution in [3.05, 3.63) is 65.7 Å². The van der Waals surface area contributed by atoms with Crippen LogP contribution in [0.5, 0.6) is 0 Å². The van der Waals surface area contributed by atoms with Gasteiger partial charge in [0, 0.05) is 31.5 Å². The number of nitrogens with one attached hydrogen (secondary N) is 1. The molecule has 0 unspecified atom stereocenters. The van der Waals surface area contributed by atoms with E-state index >= 15 is 0 Å². The predicted octanol–water partition coefficient (Wildman–Crippen LogP) is 5.21. The van der Waals surface area contributed by atoms with Crippen molar-refractivity contribution in [3.8, 4) is 0 Å². The minimum atomic E-state index is -0.215. The van der Waals surface area contributed by atoms with Crippen molar-refractivity contribution in [2.24, 2.45) is 0 Å². The number of rotatable bonds is 5. The lowest BCUT2D eigenvalue weighted by Gasteiger charge is -2.30. The number of hydrogen-bond donors (Lipinski definition) is 1. The summed E-state index contributed by atoms with van der Waals surface area (Å²) in [6, 6.07) is 11.2. The molecule has 1 fully saturated rings. The molecule has 27 heavy (non-hydrogen) atoms. The first-order chi connectivity index (χ1) is 13.2. The maximum absolute atomic E-state index is 13.6. The first kappa shape index (κ1) is 19.7. The Bertz CT molecular complexity index is 715. The number of hydrogen-bond acceptors (Lipinski definition) is 2. The molecule has 0 aliphatic heterocycles. The smallest absolute Gasteiger partial charge is 0.169 e. The van der Waals surface area contributed by atoms with Gasteiger partial charge in [-0.2, -0.15) is 0 Å². The van der Waals surface area contributed by atoms with Crippen molar-refractivity contribution < 1.29 is 4.39 Å². The van der Waals surface area contributed by atoms with E-state index in [0.717, 1.165) is 16.2 Å². The van der Waals surface area contributed by atoms with Crippen LogP contribution in [0.3, 0.4) is 0 Å². The van der Waals surface area contributed by atoms with Gasteiger partial charge >= 0.3 is 0 Å². The van der Waals surface area contributed by atoms with E-state index in [1.807, 2.05) is 24.4 Å². The van der Waals surface area contributed by atoms with Crippen molar-refractivity contribution in [1.82, 2.24) is 15.2 Å². The van der Waals surface area contributed by atoms with Gasteiger partial charge in [-0.15, -0.1) is 0 Å². The zero-order valence-corrected chi connectivity index (χ0v) is 16.6. The molecule has 0 amide bonds. The third-order valence-corrected chi connectivity index (χ3v) is 5.45. The monoisotopic (exact) mass is 385 g/mol. The van der Waals surface area contributed by atoms with Crippen molar-refractivity contribution in [1.29, 1.82) is 0 Å². The maximum atomic E-state index is 13.6. The van der Waals surface area contributed by atoms with Gasteiger partial charge in [-0.1, -0.05) is 50.3 Å². The lowest BCUT2D eigenvalue weighted by Crippen LogP contribution is -2.44. The van der Waals surface area contributed by atoms with E-state index in [1.54, 1.807) is 18.3 Å². The topological polar surface area (TPSA) is 28.2 Å². The summed E-state index contributed by atoms with van der Waals surface area (Å²) in [5, 5.41) is 4.33. The first-order valence-electron chi connectivity index (χ1n) is 9.89. The van der Waals surface area contributed by atoms with Crippen LogP contribution in [0.15, 0.2) is 48.8 Å². The van der Waals surface area contributed by atoms with Crippen LogP contribution < -0.4 is 5.32 Å². The molecule has 0 saturated heterocycles. The van der Waals surface area contributed by atoms with Crippen LogP contribution in [0, 0.1) is 5.82 Å². The van der Waals surface area contributed by atoms with Gasteiger partial charge in [0.05, 0.1) is 0 Å². The number of aromatic nitrogens is 1. The quantitative estimate of drug-likeness (QED) is 0.715. The Morgan fingerprint density at radius 1 is 1.04 bits per heavy atom. The molecule has 1 N–H and O–H groups in total.